The molecule has 1 aliphatic rings. The Balaban J connectivity index is 2.46. The lowest BCUT2D eigenvalue weighted by Gasteiger charge is -2.10. The molecule has 2 rings (SSSR count). The van der Waals surface area contributed by atoms with Crippen molar-refractivity contribution < 1.29 is 0 Å². The van der Waals surface area contributed by atoms with Gasteiger partial charge in [0.2, 0.25) is 0 Å². The van der Waals surface area contributed by atoms with E-state index in [2.05, 4.69) is 30.3 Å². The van der Waals surface area contributed by atoms with Crippen molar-refractivity contribution in [2.24, 2.45) is 0 Å². The number of aromatic nitrogens is 2. The highest BCUT2D eigenvalue weighted by atomic mass is 15.2. The average molecular weight is 193 g/mol. The number of nitrogen functional groups attached to an aromatic ring is 1. The average Bonchev–Trinajstić information content (AvgIpc) is 2.90. The van der Waals surface area contributed by atoms with Gasteiger partial charge < -0.3 is 10.3 Å². The minimum Gasteiger partial charge on any atom is -0.384 e. The van der Waals surface area contributed by atoms with Crippen molar-refractivity contribution in [2.45, 2.75) is 52.0 Å². The fourth-order valence-corrected chi connectivity index (χ4v) is 1.90. The van der Waals surface area contributed by atoms with Crippen LogP contribution < -0.4 is 5.73 Å². The standard InChI is InChI=1S/C11H19N3/c1-4-9-10(12)14(8-5-6-8)11(13-9)7(2)3/h7-8H,4-6,12H2,1-3H3. The molecule has 14 heavy (non-hydrogen) atoms. The number of hydrogen-bond acceptors (Lipinski definition) is 2. The first kappa shape index (κ1) is 9.56. The summed E-state index contributed by atoms with van der Waals surface area (Å²) < 4.78 is 2.25. The number of hydrogen-bond donors (Lipinski definition) is 1. The molecule has 1 aromatic rings. The van der Waals surface area contributed by atoms with Gasteiger partial charge in [0.05, 0.1) is 5.69 Å². The van der Waals surface area contributed by atoms with Crippen LogP contribution in [0.1, 0.15) is 57.1 Å². The molecule has 3 heteroatoms. The Kier molecular flexibility index (Phi) is 2.25. The fraction of sp³-hybridized carbons (Fsp3) is 0.727. The highest BCUT2D eigenvalue weighted by Crippen LogP contribution is 2.40. The third-order valence-electron chi connectivity index (χ3n) is 2.81. The van der Waals surface area contributed by atoms with E-state index >= 15 is 0 Å². The molecule has 0 radical (unpaired) electrons. The zero-order valence-electron chi connectivity index (χ0n) is 9.25. The molecule has 0 spiro atoms. The van der Waals surface area contributed by atoms with Crippen molar-refractivity contribution in [3.05, 3.63) is 11.5 Å². The second kappa shape index (κ2) is 3.30. The zero-order valence-corrected chi connectivity index (χ0v) is 9.25. The van der Waals surface area contributed by atoms with Crippen LogP contribution in [0.15, 0.2) is 0 Å². The van der Waals surface area contributed by atoms with Crippen LogP contribution in [0.3, 0.4) is 0 Å². The van der Waals surface area contributed by atoms with Gasteiger partial charge in [0.1, 0.15) is 11.6 Å². The highest BCUT2D eigenvalue weighted by Gasteiger charge is 2.29. The molecule has 1 aliphatic carbocycles. The maximum absolute atomic E-state index is 6.09. The van der Waals surface area contributed by atoms with Gasteiger partial charge in [-0.05, 0) is 19.3 Å². The summed E-state index contributed by atoms with van der Waals surface area (Å²) in [5.74, 6) is 2.54. The normalized spacial score (nSPS) is 16.6. The Labute approximate surface area is 85.3 Å². The topological polar surface area (TPSA) is 43.8 Å². The number of rotatable bonds is 3. The smallest absolute Gasteiger partial charge is 0.127 e. The summed E-state index contributed by atoms with van der Waals surface area (Å²) in [5, 5.41) is 0. The van der Waals surface area contributed by atoms with E-state index in [0.717, 1.165) is 17.9 Å². The summed E-state index contributed by atoms with van der Waals surface area (Å²) in [4.78, 5) is 4.63. The summed E-state index contributed by atoms with van der Waals surface area (Å²) in [5.41, 5.74) is 7.16. The number of nitrogens with zero attached hydrogens (tertiary/aromatic N) is 2. The maximum atomic E-state index is 6.09. The summed E-state index contributed by atoms with van der Waals surface area (Å²) in [6.07, 6.45) is 3.47. The van der Waals surface area contributed by atoms with Crippen molar-refractivity contribution in [1.29, 1.82) is 0 Å². The third-order valence-corrected chi connectivity index (χ3v) is 2.81. The Bertz CT molecular complexity index is 335. The molecule has 0 saturated heterocycles. The second-order valence-corrected chi connectivity index (χ2v) is 4.41. The first-order valence-electron chi connectivity index (χ1n) is 5.51. The molecule has 1 aromatic heterocycles. The Morgan fingerprint density at radius 3 is 2.57 bits per heavy atom. The fourth-order valence-electron chi connectivity index (χ4n) is 1.90. The minimum atomic E-state index is 0.471. The van der Waals surface area contributed by atoms with Crippen molar-refractivity contribution in [3.8, 4) is 0 Å². The van der Waals surface area contributed by atoms with Crippen LogP contribution in [0.2, 0.25) is 0 Å². The maximum Gasteiger partial charge on any atom is 0.127 e. The van der Waals surface area contributed by atoms with Crippen molar-refractivity contribution in [1.82, 2.24) is 9.55 Å². The summed E-state index contributed by atoms with van der Waals surface area (Å²) >= 11 is 0. The van der Waals surface area contributed by atoms with Gasteiger partial charge in [-0.2, -0.15) is 0 Å². The molecule has 78 valence electrons. The van der Waals surface area contributed by atoms with Gasteiger partial charge in [0.15, 0.2) is 0 Å². The molecule has 1 fully saturated rings. The molecule has 0 aromatic carbocycles. The van der Waals surface area contributed by atoms with Crippen molar-refractivity contribution in [3.63, 3.8) is 0 Å². The summed E-state index contributed by atoms with van der Waals surface area (Å²) in [6.45, 7) is 6.47. The molecule has 1 heterocycles. The quantitative estimate of drug-likeness (QED) is 0.801. The molecule has 0 aliphatic heterocycles. The van der Waals surface area contributed by atoms with Gasteiger partial charge in [0.25, 0.3) is 0 Å². The molecular weight excluding hydrogens is 174 g/mol. The van der Waals surface area contributed by atoms with Gasteiger partial charge in [-0.15, -0.1) is 0 Å². The zero-order chi connectivity index (χ0) is 10.3. The Morgan fingerprint density at radius 2 is 2.14 bits per heavy atom. The van der Waals surface area contributed by atoms with Gasteiger partial charge >= 0.3 is 0 Å². The van der Waals surface area contributed by atoms with E-state index < -0.39 is 0 Å². The van der Waals surface area contributed by atoms with E-state index in [4.69, 9.17) is 5.73 Å². The molecular formula is C11H19N3. The van der Waals surface area contributed by atoms with Gasteiger partial charge in [-0.1, -0.05) is 20.8 Å². The summed E-state index contributed by atoms with van der Waals surface area (Å²) in [6, 6.07) is 0.639. The van der Waals surface area contributed by atoms with Gasteiger partial charge in [0, 0.05) is 12.0 Å². The molecule has 0 unspecified atom stereocenters. The molecule has 0 bridgehead atoms. The Hall–Kier alpha value is -0.990. The number of anilines is 1. The van der Waals surface area contributed by atoms with E-state index in [1.807, 2.05) is 0 Å². The number of nitrogens with two attached hydrogens (primary N) is 1. The van der Waals surface area contributed by atoms with Crippen LogP contribution >= 0.6 is 0 Å². The van der Waals surface area contributed by atoms with Gasteiger partial charge in [-0.25, -0.2) is 4.98 Å². The molecule has 3 nitrogen and oxygen atoms in total. The first-order valence-corrected chi connectivity index (χ1v) is 5.51. The van der Waals surface area contributed by atoms with E-state index in [1.165, 1.54) is 18.7 Å². The van der Waals surface area contributed by atoms with Crippen LogP contribution in [0, 0.1) is 0 Å². The van der Waals surface area contributed by atoms with Crippen molar-refractivity contribution >= 4 is 5.82 Å². The van der Waals surface area contributed by atoms with Crippen LogP contribution in [0.25, 0.3) is 0 Å². The minimum absolute atomic E-state index is 0.471. The van der Waals surface area contributed by atoms with Gasteiger partial charge in [-0.3, -0.25) is 0 Å². The lowest BCUT2D eigenvalue weighted by molar-refractivity contribution is 0.646. The molecule has 0 atom stereocenters. The number of aryl methyl sites for hydroxylation is 1. The number of imidazole rings is 1. The first-order chi connectivity index (χ1) is 6.65. The molecule has 0 amide bonds. The lowest BCUT2D eigenvalue weighted by atomic mass is 10.2. The van der Waals surface area contributed by atoms with Crippen LogP contribution in [0.4, 0.5) is 5.82 Å². The Morgan fingerprint density at radius 1 is 1.50 bits per heavy atom. The van der Waals surface area contributed by atoms with Crippen LogP contribution in [0.5, 0.6) is 0 Å². The van der Waals surface area contributed by atoms with Crippen LogP contribution in [-0.4, -0.2) is 9.55 Å². The van der Waals surface area contributed by atoms with E-state index in [-0.39, 0.29) is 0 Å². The van der Waals surface area contributed by atoms with Crippen molar-refractivity contribution in [2.75, 3.05) is 5.73 Å². The molecule has 2 N–H and O–H groups in total. The lowest BCUT2D eigenvalue weighted by Crippen LogP contribution is -2.06. The predicted octanol–water partition coefficient (Wildman–Crippen LogP) is 2.49. The summed E-state index contributed by atoms with van der Waals surface area (Å²) in [7, 11) is 0. The third kappa shape index (κ3) is 1.41. The monoisotopic (exact) mass is 193 g/mol. The second-order valence-electron chi connectivity index (χ2n) is 4.41. The van der Waals surface area contributed by atoms with Crippen LogP contribution in [-0.2, 0) is 6.42 Å². The largest absolute Gasteiger partial charge is 0.384 e. The van der Waals surface area contributed by atoms with E-state index in [0.29, 0.717) is 12.0 Å². The predicted molar refractivity (Wildman–Crippen MR) is 58.4 cm³/mol. The van der Waals surface area contributed by atoms with E-state index in [1.54, 1.807) is 0 Å². The SMILES string of the molecule is CCc1nc(C(C)C)n(C2CC2)c1N. The highest BCUT2D eigenvalue weighted by molar-refractivity contribution is 5.40. The van der Waals surface area contributed by atoms with E-state index in [9.17, 15) is 0 Å². The molecule has 1 saturated carbocycles.